The minimum Gasteiger partial charge on any atom is -0.374 e. The van der Waals surface area contributed by atoms with Crippen LogP contribution in [0.1, 0.15) is 26.2 Å². The molecular weight excluding hydrogens is 112 g/mol. The molecule has 0 spiro atoms. The lowest BCUT2D eigenvalue weighted by molar-refractivity contribution is 0.145. The molecular formula is C8H14O. The first-order chi connectivity index (χ1) is 4.43. The summed E-state index contributed by atoms with van der Waals surface area (Å²) < 4.78 is 5.37. The Morgan fingerprint density at radius 3 is 3.11 bits per heavy atom. The Bertz CT molecular complexity index is 90.7. The van der Waals surface area contributed by atoms with Crippen molar-refractivity contribution in [2.45, 2.75) is 32.3 Å². The van der Waals surface area contributed by atoms with E-state index in [1.165, 1.54) is 12.8 Å². The molecule has 1 atom stereocenters. The van der Waals surface area contributed by atoms with Gasteiger partial charge in [-0.1, -0.05) is 19.1 Å². The molecule has 1 fully saturated rings. The smallest absolute Gasteiger partial charge is 0.0756 e. The fourth-order valence-electron chi connectivity index (χ4n) is 1.04. The van der Waals surface area contributed by atoms with E-state index >= 15 is 0 Å². The third-order valence-corrected chi connectivity index (χ3v) is 1.55. The molecule has 0 saturated carbocycles. The lowest BCUT2D eigenvalue weighted by Crippen LogP contribution is -1.98. The number of hydrogen-bond acceptors (Lipinski definition) is 1. The molecule has 0 aromatic rings. The second-order valence-electron chi connectivity index (χ2n) is 2.39. The van der Waals surface area contributed by atoms with Gasteiger partial charge in [-0.05, 0) is 19.3 Å². The van der Waals surface area contributed by atoms with E-state index in [4.69, 9.17) is 4.74 Å². The molecule has 0 aliphatic carbocycles. The van der Waals surface area contributed by atoms with E-state index in [0.29, 0.717) is 6.10 Å². The van der Waals surface area contributed by atoms with Gasteiger partial charge in [0.15, 0.2) is 0 Å². The van der Waals surface area contributed by atoms with Crippen LogP contribution in [-0.2, 0) is 4.74 Å². The lowest BCUT2D eigenvalue weighted by atomic mass is 10.2. The zero-order chi connectivity index (χ0) is 6.53. The molecule has 0 aromatic carbocycles. The van der Waals surface area contributed by atoms with Crippen LogP contribution in [0.25, 0.3) is 0 Å². The number of ether oxygens (including phenoxy) is 1. The molecule has 1 aliphatic rings. The average Bonchev–Trinajstić information content (AvgIpc) is 2.34. The van der Waals surface area contributed by atoms with Crippen LogP contribution < -0.4 is 0 Å². The highest BCUT2D eigenvalue weighted by atomic mass is 16.5. The van der Waals surface area contributed by atoms with Gasteiger partial charge in [0.25, 0.3) is 0 Å². The molecule has 1 saturated heterocycles. The SMILES string of the molecule is CC/C=C\C1CCCO1. The number of hydrogen-bond donors (Lipinski definition) is 0. The van der Waals surface area contributed by atoms with Crippen molar-refractivity contribution < 1.29 is 4.74 Å². The van der Waals surface area contributed by atoms with Crippen molar-refractivity contribution in [1.82, 2.24) is 0 Å². The van der Waals surface area contributed by atoms with E-state index in [2.05, 4.69) is 19.1 Å². The molecule has 0 radical (unpaired) electrons. The Morgan fingerprint density at radius 2 is 2.56 bits per heavy atom. The zero-order valence-corrected chi connectivity index (χ0v) is 5.97. The standard InChI is InChI=1S/C8H14O/c1-2-3-5-8-6-4-7-9-8/h3,5,8H,2,4,6-7H2,1H3/b5-3-. The lowest BCUT2D eigenvalue weighted by Gasteiger charge is -1.99. The Morgan fingerprint density at radius 1 is 1.67 bits per heavy atom. The van der Waals surface area contributed by atoms with E-state index < -0.39 is 0 Å². The van der Waals surface area contributed by atoms with E-state index in [0.717, 1.165) is 13.0 Å². The normalized spacial score (nSPS) is 27.9. The van der Waals surface area contributed by atoms with Gasteiger partial charge in [-0.25, -0.2) is 0 Å². The number of allylic oxidation sites excluding steroid dienone is 1. The van der Waals surface area contributed by atoms with Crippen molar-refractivity contribution >= 4 is 0 Å². The molecule has 1 heteroatoms. The van der Waals surface area contributed by atoms with Crippen molar-refractivity contribution in [2.24, 2.45) is 0 Å². The number of rotatable bonds is 2. The second-order valence-corrected chi connectivity index (χ2v) is 2.39. The molecule has 0 amide bonds. The van der Waals surface area contributed by atoms with Crippen LogP contribution in [0.15, 0.2) is 12.2 Å². The Balaban J connectivity index is 2.18. The van der Waals surface area contributed by atoms with Gasteiger partial charge in [0.2, 0.25) is 0 Å². The highest BCUT2D eigenvalue weighted by Crippen LogP contribution is 2.12. The van der Waals surface area contributed by atoms with Gasteiger partial charge >= 0.3 is 0 Å². The molecule has 0 bridgehead atoms. The molecule has 1 unspecified atom stereocenters. The summed E-state index contributed by atoms with van der Waals surface area (Å²) in [5.74, 6) is 0. The van der Waals surface area contributed by atoms with E-state index in [9.17, 15) is 0 Å². The zero-order valence-electron chi connectivity index (χ0n) is 5.97. The second kappa shape index (κ2) is 3.67. The van der Waals surface area contributed by atoms with Gasteiger partial charge in [0.05, 0.1) is 6.10 Å². The first-order valence-corrected chi connectivity index (χ1v) is 3.71. The van der Waals surface area contributed by atoms with Crippen molar-refractivity contribution in [1.29, 1.82) is 0 Å². The minimum atomic E-state index is 0.435. The van der Waals surface area contributed by atoms with Crippen LogP contribution in [-0.4, -0.2) is 12.7 Å². The maximum absolute atomic E-state index is 5.37. The highest BCUT2D eigenvalue weighted by Gasteiger charge is 2.10. The fourth-order valence-corrected chi connectivity index (χ4v) is 1.04. The van der Waals surface area contributed by atoms with Crippen molar-refractivity contribution in [3.05, 3.63) is 12.2 Å². The summed E-state index contributed by atoms with van der Waals surface area (Å²) in [4.78, 5) is 0. The third kappa shape index (κ3) is 2.19. The van der Waals surface area contributed by atoms with Crippen LogP contribution in [0.4, 0.5) is 0 Å². The van der Waals surface area contributed by atoms with Gasteiger partial charge in [-0.2, -0.15) is 0 Å². The topological polar surface area (TPSA) is 9.23 Å². The maximum Gasteiger partial charge on any atom is 0.0756 e. The summed E-state index contributed by atoms with van der Waals surface area (Å²) >= 11 is 0. The summed E-state index contributed by atoms with van der Waals surface area (Å²) in [6.07, 6.45) is 8.36. The van der Waals surface area contributed by atoms with Gasteiger partial charge < -0.3 is 4.74 Å². The molecule has 52 valence electrons. The van der Waals surface area contributed by atoms with Crippen LogP contribution in [0.3, 0.4) is 0 Å². The highest BCUT2D eigenvalue weighted by molar-refractivity contribution is 4.90. The molecule has 0 N–H and O–H groups in total. The van der Waals surface area contributed by atoms with Crippen LogP contribution in [0.2, 0.25) is 0 Å². The quantitative estimate of drug-likeness (QED) is 0.515. The van der Waals surface area contributed by atoms with Gasteiger partial charge in [0.1, 0.15) is 0 Å². The summed E-state index contributed by atoms with van der Waals surface area (Å²) in [5, 5.41) is 0. The molecule has 0 aromatic heterocycles. The van der Waals surface area contributed by atoms with Crippen molar-refractivity contribution in [3.8, 4) is 0 Å². The summed E-state index contributed by atoms with van der Waals surface area (Å²) in [6.45, 7) is 3.10. The predicted octanol–water partition coefficient (Wildman–Crippen LogP) is 2.13. The molecule has 1 heterocycles. The summed E-state index contributed by atoms with van der Waals surface area (Å²) in [5.41, 5.74) is 0. The average molecular weight is 126 g/mol. The van der Waals surface area contributed by atoms with Crippen LogP contribution in [0.5, 0.6) is 0 Å². The largest absolute Gasteiger partial charge is 0.374 e. The van der Waals surface area contributed by atoms with Crippen LogP contribution in [0, 0.1) is 0 Å². The van der Waals surface area contributed by atoms with E-state index in [-0.39, 0.29) is 0 Å². The van der Waals surface area contributed by atoms with Gasteiger partial charge in [-0.15, -0.1) is 0 Å². The summed E-state index contributed by atoms with van der Waals surface area (Å²) in [6, 6.07) is 0. The summed E-state index contributed by atoms with van der Waals surface area (Å²) in [7, 11) is 0. The fraction of sp³-hybridized carbons (Fsp3) is 0.750. The van der Waals surface area contributed by atoms with E-state index in [1.807, 2.05) is 0 Å². The monoisotopic (exact) mass is 126 g/mol. The molecule has 1 aliphatic heterocycles. The predicted molar refractivity (Wildman–Crippen MR) is 38.4 cm³/mol. The Labute approximate surface area is 56.7 Å². The van der Waals surface area contributed by atoms with E-state index in [1.54, 1.807) is 0 Å². The maximum atomic E-state index is 5.37. The first-order valence-electron chi connectivity index (χ1n) is 3.71. The van der Waals surface area contributed by atoms with Crippen molar-refractivity contribution in [2.75, 3.05) is 6.61 Å². The van der Waals surface area contributed by atoms with Crippen molar-refractivity contribution in [3.63, 3.8) is 0 Å². The molecule has 9 heavy (non-hydrogen) atoms. The molecule has 1 rings (SSSR count). The minimum absolute atomic E-state index is 0.435. The Hall–Kier alpha value is -0.300. The third-order valence-electron chi connectivity index (χ3n) is 1.55. The molecule has 1 nitrogen and oxygen atoms in total. The van der Waals surface area contributed by atoms with Gasteiger partial charge in [0, 0.05) is 6.61 Å². The first kappa shape index (κ1) is 6.81. The van der Waals surface area contributed by atoms with Crippen LogP contribution >= 0.6 is 0 Å². The Kier molecular flexibility index (Phi) is 2.78. The van der Waals surface area contributed by atoms with Gasteiger partial charge in [-0.3, -0.25) is 0 Å².